The summed E-state index contributed by atoms with van der Waals surface area (Å²) in [7, 11) is 0. The Morgan fingerprint density at radius 2 is 1.72 bits per heavy atom. The summed E-state index contributed by atoms with van der Waals surface area (Å²) in [5.74, 6) is -0.0457. The van der Waals surface area contributed by atoms with Crippen LogP contribution in [0.25, 0.3) is 0 Å². The molecule has 2 aromatic carbocycles. The zero-order valence-electron chi connectivity index (χ0n) is 13.7. The van der Waals surface area contributed by atoms with Gasteiger partial charge in [-0.15, -0.1) is 0 Å². The molecule has 2 aliphatic carbocycles. The summed E-state index contributed by atoms with van der Waals surface area (Å²) in [5.41, 5.74) is 3.23. The zero-order valence-corrected chi connectivity index (χ0v) is 13.7. The van der Waals surface area contributed by atoms with E-state index in [1.54, 1.807) is 24.3 Å². The lowest BCUT2D eigenvalue weighted by Crippen LogP contribution is -2.33. The largest absolute Gasteiger partial charge is 0.390 e. The van der Waals surface area contributed by atoms with E-state index in [2.05, 4.69) is 10.6 Å². The molecule has 4 rings (SSSR count). The predicted molar refractivity (Wildman–Crippen MR) is 94.2 cm³/mol. The molecule has 0 spiro atoms. The fourth-order valence-electron chi connectivity index (χ4n) is 3.27. The Hall–Kier alpha value is -2.66. The number of amides is 2. The van der Waals surface area contributed by atoms with E-state index in [0.717, 1.165) is 24.0 Å². The first-order chi connectivity index (χ1) is 12.1. The van der Waals surface area contributed by atoms with Crippen molar-refractivity contribution in [2.24, 2.45) is 5.92 Å². The second kappa shape index (κ2) is 6.33. The molecule has 5 nitrogen and oxygen atoms in total. The standard InChI is InChI=1S/C20H20N2O3/c23-17-11-14-3-1-2-4-16(14)18(17)22-20(25)13-7-9-15(10-8-13)21-19(24)12-5-6-12/h1-4,7-10,12,17-18,23H,5-6,11H2,(H,21,24)(H,22,25)/t17-,18+/m0/s1. The summed E-state index contributed by atoms with van der Waals surface area (Å²) < 4.78 is 0. The average Bonchev–Trinajstić information content (AvgIpc) is 3.41. The highest BCUT2D eigenvalue weighted by atomic mass is 16.3. The van der Waals surface area contributed by atoms with Gasteiger partial charge in [0.2, 0.25) is 5.91 Å². The van der Waals surface area contributed by atoms with Crippen LogP contribution in [0.1, 0.15) is 40.4 Å². The highest BCUT2D eigenvalue weighted by Crippen LogP contribution is 2.32. The van der Waals surface area contributed by atoms with Crippen molar-refractivity contribution in [2.45, 2.75) is 31.4 Å². The number of carbonyl (C=O) groups excluding carboxylic acids is 2. The van der Waals surface area contributed by atoms with Gasteiger partial charge in [0.1, 0.15) is 0 Å². The van der Waals surface area contributed by atoms with Gasteiger partial charge in [-0.05, 0) is 48.2 Å². The Morgan fingerprint density at radius 3 is 2.44 bits per heavy atom. The molecule has 0 unspecified atom stereocenters. The third-order valence-electron chi connectivity index (χ3n) is 4.85. The number of benzene rings is 2. The lowest BCUT2D eigenvalue weighted by Gasteiger charge is -2.18. The number of hydrogen-bond acceptors (Lipinski definition) is 3. The van der Waals surface area contributed by atoms with Gasteiger partial charge in [-0.1, -0.05) is 24.3 Å². The Bertz CT molecular complexity index is 812. The molecule has 25 heavy (non-hydrogen) atoms. The van der Waals surface area contributed by atoms with Crippen LogP contribution < -0.4 is 10.6 Å². The van der Waals surface area contributed by atoms with Gasteiger partial charge in [0.05, 0.1) is 12.1 Å². The van der Waals surface area contributed by atoms with Crippen LogP contribution in [-0.2, 0) is 11.2 Å². The molecule has 3 N–H and O–H groups in total. The smallest absolute Gasteiger partial charge is 0.251 e. The van der Waals surface area contributed by atoms with Gasteiger partial charge in [-0.2, -0.15) is 0 Å². The molecular weight excluding hydrogens is 316 g/mol. The highest BCUT2D eigenvalue weighted by molar-refractivity contribution is 5.97. The van der Waals surface area contributed by atoms with Crippen molar-refractivity contribution in [1.82, 2.24) is 5.32 Å². The number of anilines is 1. The second-order valence-corrected chi connectivity index (χ2v) is 6.76. The maximum Gasteiger partial charge on any atom is 0.251 e. The third-order valence-corrected chi connectivity index (χ3v) is 4.85. The molecule has 0 bridgehead atoms. The molecule has 0 heterocycles. The molecular formula is C20H20N2O3. The minimum atomic E-state index is -0.613. The zero-order chi connectivity index (χ0) is 17.4. The molecule has 1 saturated carbocycles. The van der Waals surface area contributed by atoms with E-state index in [1.165, 1.54) is 0 Å². The Morgan fingerprint density at radius 1 is 1.00 bits per heavy atom. The Balaban J connectivity index is 1.43. The molecule has 1 fully saturated rings. The fourth-order valence-corrected chi connectivity index (χ4v) is 3.27. The van der Waals surface area contributed by atoms with Gasteiger partial charge < -0.3 is 15.7 Å². The van der Waals surface area contributed by atoms with Crippen LogP contribution in [0.5, 0.6) is 0 Å². The van der Waals surface area contributed by atoms with Crippen LogP contribution in [0, 0.1) is 5.92 Å². The van der Waals surface area contributed by atoms with Gasteiger partial charge in [0, 0.05) is 23.6 Å². The molecule has 128 valence electrons. The van der Waals surface area contributed by atoms with Crippen LogP contribution in [0.2, 0.25) is 0 Å². The average molecular weight is 336 g/mol. The molecule has 2 aromatic rings. The number of aliphatic hydroxyl groups is 1. The molecule has 0 aliphatic heterocycles. The Labute approximate surface area is 146 Å². The second-order valence-electron chi connectivity index (χ2n) is 6.76. The van der Waals surface area contributed by atoms with Gasteiger partial charge >= 0.3 is 0 Å². The summed E-state index contributed by atoms with van der Waals surface area (Å²) in [6.07, 6.45) is 1.85. The van der Waals surface area contributed by atoms with Crippen LogP contribution >= 0.6 is 0 Å². The van der Waals surface area contributed by atoms with Crippen molar-refractivity contribution in [1.29, 1.82) is 0 Å². The molecule has 5 heteroatoms. The van der Waals surface area contributed by atoms with E-state index in [1.807, 2.05) is 24.3 Å². The number of hydrogen-bond donors (Lipinski definition) is 3. The maximum atomic E-state index is 12.5. The topological polar surface area (TPSA) is 78.4 Å². The minimum absolute atomic E-state index is 0.0443. The summed E-state index contributed by atoms with van der Waals surface area (Å²) in [5, 5.41) is 16.0. The number of fused-ring (bicyclic) bond motifs is 1. The van der Waals surface area contributed by atoms with Crippen molar-refractivity contribution in [3.63, 3.8) is 0 Å². The van der Waals surface area contributed by atoms with Gasteiger partial charge in [0.15, 0.2) is 0 Å². The Kier molecular flexibility index (Phi) is 4.01. The molecule has 2 aliphatic rings. The van der Waals surface area contributed by atoms with Gasteiger partial charge in [-0.3, -0.25) is 9.59 Å². The number of nitrogens with one attached hydrogen (secondary N) is 2. The number of aliphatic hydroxyl groups excluding tert-OH is 1. The maximum absolute atomic E-state index is 12.5. The van der Waals surface area contributed by atoms with Crippen molar-refractivity contribution in [3.8, 4) is 0 Å². The van der Waals surface area contributed by atoms with Crippen molar-refractivity contribution in [3.05, 3.63) is 65.2 Å². The fraction of sp³-hybridized carbons (Fsp3) is 0.300. The first kappa shape index (κ1) is 15.8. The predicted octanol–water partition coefficient (Wildman–Crippen LogP) is 2.42. The first-order valence-electron chi connectivity index (χ1n) is 8.59. The molecule has 0 aromatic heterocycles. The van der Waals surface area contributed by atoms with Gasteiger partial charge in [-0.25, -0.2) is 0 Å². The quantitative estimate of drug-likeness (QED) is 0.802. The van der Waals surface area contributed by atoms with Crippen molar-refractivity contribution >= 4 is 17.5 Å². The van der Waals surface area contributed by atoms with E-state index in [4.69, 9.17) is 0 Å². The van der Waals surface area contributed by atoms with Crippen LogP contribution in [0.4, 0.5) is 5.69 Å². The third kappa shape index (κ3) is 3.28. The summed E-state index contributed by atoms with van der Waals surface area (Å²) in [6.45, 7) is 0. The lowest BCUT2D eigenvalue weighted by molar-refractivity contribution is -0.117. The first-order valence-corrected chi connectivity index (χ1v) is 8.59. The molecule has 2 amide bonds. The molecule has 2 atom stereocenters. The SMILES string of the molecule is O=C(N[C@@H]1c2ccccc2C[C@@H]1O)c1ccc(NC(=O)C2CC2)cc1. The lowest BCUT2D eigenvalue weighted by atomic mass is 10.1. The monoisotopic (exact) mass is 336 g/mol. The number of rotatable bonds is 4. The van der Waals surface area contributed by atoms with E-state index in [-0.39, 0.29) is 17.7 Å². The van der Waals surface area contributed by atoms with Crippen LogP contribution in [0.3, 0.4) is 0 Å². The van der Waals surface area contributed by atoms with Crippen molar-refractivity contribution in [2.75, 3.05) is 5.32 Å². The van der Waals surface area contributed by atoms with Crippen LogP contribution in [0.15, 0.2) is 48.5 Å². The van der Waals surface area contributed by atoms with E-state index < -0.39 is 12.1 Å². The van der Waals surface area contributed by atoms with E-state index in [9.17, 15) is 14.7 Å². The molecule has 0 radical (unpaired) electrons. The highest BCUT2D eigenvalue weighted by Gasteiger charge is 2.32. The van der Waals surface area contributed by atoms with E-state index >= 15 is 0 Å². The van der Waals surface area contributed by atoms with E-state index in [0.29, 0.717) is 17.7 Å². The van der Waals surface area contributed by atoms with Gasteiger partial charge in [0.25, 0.3) is 5.91 Å². The van der Waals surface area contributed by atoms with Crippen LogP contribution in [-0.4, -0.2) is 23.0 Å². The number of carbonyl (C=O) groups is 2. The van der Waals surface area contributed by atoms with Crippen molar-refractivity contribution < 1.29 is 14.7 Å². The minimum Gasteiger partial charge on any atom is -0.390 e. The summed E-state index contributed by atoms with van der Waals surface area (Å²) in [6, 6.07) is 14.2. The summed E-state index contributed by atoms with van der Waals surface area (Å²) >= 11 is 0. The normalized spacial score (nSPS) is 21.5. The molecule has 0 saturated heterocycles. The summed E-state index contributed by atoms with van der Waals surface area (Å²) in [4.78, 5) is 24.3.